The Morgan fingerprint density at radius 1 is 1.19 bits per heavy atom. The zero-order chi connectivity index (χ0) is 22.6. The summed E-state index contributed by atoms with van der Waals surface area (Å²) in [6.07, 6.45) is 3.47. The van der Waals surface area contributed by atoms with Gasteiger partial charge in [-0.2, -0.15) is 0 Å². The van der Waals surface area contributed by atoms with Crippen LogP contribution in [0.5, 0.6) is 5.75 Å². The van der Waals surface area contributed by atoms with E-state index in [1.54, 1.807) is 26.9 Å². The first-order valence-corrected chi connectivity index (χ1v) is 11.0. The van der Waals surface area contributed by atoms with Crippen LogP contribution in [-0.2, 0) is 0 Å². The summed E-state index contributed by atoms with van der Waals surface area (Å²) >= 11 is 2.02. The Kier molecular flexibility index (Phi) is 5.00. The van der Waals surface area contributed by atoms with Gasteiger partial charge in [-0.05, 0) is 45.0 Å². The van der Waals surface area contributed by atoms with Crippen LogP contribution in [0, 0.1) is 13.8 Å². The van der Waals surface area contributed by atoms with Crippen LogP contribution in [0.15, 0.2) is 52.0 Å². The molecule has 0 radical (unpaired) electrons. The number of aromatic nitrogens is 5. The highest BCUT2D eigenvalue weighted by molar-refractivity contribution is 14.1. The van der Waals surface area contributed by atoms with Crippen molar-refractivity contribution in [3.8, 4) is 16.9 Å². The number of hydrogen-bond donors (Lipinski definition) is 0. The Balaban J connectivity index is 1.86. The number of nitrogens with zero attached hydrogens (tertiary/aromatic N) is 5. The second kappa shape index (κ2) is 7.73. The second-order valence-corrected chi connectivity index (χ2v) is 8.59. The lowest BCUT2D eigenvalue weighted by Crippen LogP contribution is -2.24. The van der Waals surface area contributed by atoms with Gasteiger partial charge in [-0.3, -0.25) is 14.5 Å². The molecular weight excluding hydrogens is 521 g/mol. The Morgan fingerprint density at radius 2 is 2.00 bits per heavy atom. The lowest BCUT2D eigenvalue weighted by atomic mass is 10.0. The maximum atomic E-state index is 13.3. The quantitative estimate of drug-likeness (QED) is 0.303. The largest absolute Gasteiger partial charge is 0.496 e. The molecule has 0 aliphatic rings. The smallest absolute Gasteiger partial charge is 0.338 e. The van der Waals surface area contributed by atoms with Crippen LogP contribution >= 0.6 is 22.9 Å². The van der Waals surface area contributed by atoms with Gasteiger partial charge >= 0.3 is 5.69 Å². The molecule has 0 N–H and O–H groups in total. The van der Waals surface area contributed by atoms with Gasteiger partial charge in [-0.25, -0.2) is 7.58 Å². The predicted molar refractivity (Wildman–Crippen MR) is 130 cm³/mol. The van der Waals surface area contributed by atoms with Crippen molar-refractivity contribution in [1.29, 1.82) is 0 Å². The number of methoxy groups -OCH3 is 1. The molecule has 0 fully saturated rings. The summed E-state index contributed by atoms with van der Waals surface area (Å²) < 4.78 is 14.5. The number of benzene rings is 1. The molecule has 5 aromatic rings. The first-order chi connectivity index (χ1) is 15.4. The van der Waals surface area contributed by atoms with Crippen LogP contribution in [0.25, 0.3) is 33.1 Å². The third-order valence-electron chi connectivity index (χ3n) is 5.77. The van der Waals surface area contributed by atoms with E-state index in [2.05, 4.69) is 15.1 Å². The molecule has 0 aliphatic heterocycles. The molecule has 0 aliphatic carbocycles. The number of pyridine rings is 2. The maximum absolute atomic E-state index is 13.3. The summed E-state index contributed by atoms with van der Waals surface area (Å²) in [5.41, 5.74) is 5.46. The van der Waals surface area contributed by atoms with Crippen LogP contribution in [0.3, 0.4) is 0 Å². The van der Waals surface area contributed by atoms with E-state index in [4.69, 9.17) is 9.26 Å². The third kappa shape index (κ3) is 3.02. The standard InChI is InChI=1S/C23H20IN5O3/c1-12-21(14(3)32-27-12)16-9-18-15(10-20(16)31-4)22-19(11-26-18)29(24)23(30)28(22)13(2)17-7-5-6-8-25-17/h5-11,13H,1-4H3/t13-/m1/s1. The Labute approximate surface area is 197 Å². The normalized spacial score (nSPS) is 12.5. The summed E-state index contributed by atoms with van der Waals surface area (Å²) in [6.45, 7) is 5.74. The SMILES string of the molecule is COc1cc2c(cc1-c1c(C)noc1C)ncc1c2n([C@H](C)c2ccccn2)c(=O)n1I. The second-order valence-electron chi connectivity index (χ2n) is 7.62. The number of hydrogen-bond acceptors (Lipinski definition) is 6. The molecule has 4 aromatic heterocycles. The molecule has 9 heteroatoms. The molecule has 162 valence electrons. The van der Waals surface area contributed by atoms with Gasteiger partial charge in [0.15, 0.2) is 0 Å². The van der Waals surface area contributed by atoms with Gasteiger partial charge in [0.05, 0.1) is 75.7 Å². The van der Waals surface area contributed by atoms with Crippen LogP contribution < -0.4 is 10.4 Å². The molecular formula is C23H20IN5O3. The summed E-state index contributed by atoms with van der Waals surface area (Å²) in [5, 5.41) is 4.90. The minimum absolute atomic E-state index is 0.137. The van der Waals surface area contributed by atoms with Crippen molar-refractivity contribution in [2.45, 2.75) is 26.8 Å². The summed E-state index contributed by atoms with van der Waals surface area (Å²) in [6, 6.07) is 9.34. The molecule has 0 spiro atoms. The Morgan fingerprint density at radius 3 is 2.66 bits per heavy atom. The predicted octanol–water partition coefficient (Wildman–Crippen LogP) is 4.83. The van der Waals surface area contributed by atoms with Gasteiger partial charge in [-0.15, -0.1) is 0 Å². The summed E-state index contributed by atoms with van der Waals surface area (Å²) in [7, 11) is 1.63. The monoisotopic (exact) mass is 541 g/mol. The first kappa shape index (κ1) is 20.7. The van der Waals surface area contributed by atoms with E-state index in [1.165, 1.54) is 0 Å². The molecule has 0 saturated carbocycles. The van der Waals surface area contributed by atoms with E-state index in [0.717, 1.165) is 44.5 Å². The molecule has 8 nitrogen and oxygen atoms in total. The Hall–Kier alpha value is -3.21. The molecule has 0 bridgehead atoms. The average Bonchev–Trinajstić information content (AvgIpc) is 3.28. The molecule has 0 amide bonds. The van der Waals surface area contributed by atoms with Gasteiger partial charge < -0.3 is 9.26 Å². The van der Waals surface area contributed by atoms with Crippen molar-refractivity contribution < 1.29 is 9.26 Å². The van der Waals surface area contributed by atoms with Crippen molar-refractivity contribution in [3.63, 3.8) is 0 Å². The highest BCUT2D eigenvalue weighted by atomic mass is 127. The number of aryl methyl sites for hydroxylation is 2. The van der Waals surface area contributed by atoms with E-state index >= 15 is 0 Å². The summed E-state index contributed by atoms with van der Waals surface area (Å²) in [5.74, 6) is 1.37. The molecule has 1 aromatic carbocycles. The minimum Gasteiger partial charge on any atom is -0.496 e. The van der Waals surface area contributed by atoms with Crippen LogP contribution in [-0.4, -0.2) is 29.6 Å². The summed E-state index contributed by atoms with van der Waals surface area (Å²) in [4.78, 5) is 22.4. The lowest BCUT2D eigenvalue weighted by Gasteiger charge is -2.15. The van der Waals surface area contributed by atoms with E-state index in [0.29, 0.717) is 11.5 Å². The molecule has 32 heavy (non-hydrogen) atoms. The first-order valence-electron chi connectivity index (χ1n) is 10.1. The van der Waals surface area contributed by atoms with E-state index in [-0.39, 0.29) is 11.7 Å². The molecule has 0 saturated heterocycles. The number of fused-ring (bicyclic) bond motifs is 3. The van der Waals surface area contributed by atoms with Crippen molar-refractivity contribution >= 4 is 44.8 Å². The minimum atomic E-state index is -0.263. The van der Waals surface area contributed by atoms with Crippen molar-refractivity contribution in [1.82, 2.24) is 22.5 Å². The fourth-order valence-electron chi connectivity index (χ4n) is 4.23. The zero-order valence-corrected chi connectivity index (χ0v) is 20.1. The highest BCUT2D eigenvalue weighted by Crippen LogP contribution is 2.39. The van der Waals surface area contributed by atoms with Gasteiger partial charge in [0, 0.05) is 17.1 Å². The number of halogens is 1. The van der Waals surface area contributed by atoms with Crippen LogP contribution in [0.1, 0.15) is 30.1 Å². The molecule has 1 atom stereocenters. The molecule has 4 heterocycles. The number of imidazole rings is 1. The fourth-order valence-corrected chi connectivity index (χ4v) is 4.82. The lowest BCUT2D eigenvalue weighted by molar-refractivity contribution is 0.393. The van der Waals surface area contributed by atoms with E-state index in [9.17, 15) is 4.79 Å². The maximum Gasteiger partial charge on any atom is 0.338 e. The zero-order valence-electron chi connectivity index (χ0n) is 18.0. The van der Waals surface area contributed by atoms with E-state index < -0.39 is 0 Å². The molecule has 0 unspecified atom stereocenters. The van der Waals surface area contributed by atoms with E-state index in [1.807, 2.05) is 74.0 Å². The van der Waals surface area contributed by atoms with Crippen molar-refractivity contribution in [2.75, 3.05) is 7.11 Å². The van der Waals surface area contributed by atoms with Gasteiger partial charge in [-0.1, -0.05) is 11.2 Å². The van der Waals surface area contributed by atoms with Gasteiger partial charge in [0.2, 0.25) is 0 Å². The number of rotatable bonds is 4. The average molecular weight is 541 g/mol. The van der Waals surface area contributed by atoms with Gasteiger partial charge in [0.1, 0.15) is 11.5 Å². The van der Waals surface area contributed by atoms with Crippen molar-refractivity contribution in [2.24, 2.45) is 0 Å². The van der Waals surface area contributed by atoms with Crippen LogP contribution in [0.2, 0.25) is 0 Å². The fraction of sp³-hybridized carbons (Fsp3) is 0.217. The number of ether oxygens (including phenoxy) is 1. The third-order valence-corrected chi connectivity index (χ3v) is 6.71. The molecule has 5 rings (SSSR count). The van der Waals surface area contributed by atoms with Gasteiger partial charge in [0.25, 0.3) is 0 Å². The highest BCUT2D eigenvalue weighted by Gasteiger charge is 2.23. The van der Waals surface area contributed by atoms with Crippen molar-refractivity contribution in [3.05, 3.63) is 70.4 Å². The van der Waals surface area contributed by atoms with Crippen LogP contribution in [0.4, 0.5) is 0 Å². The topological polar surface area (TPSA) is 88.0 Å². The Bertz CT molecular complexity index is 1520.